The Bertz CT molecular complexity index is 97.6. The molecule has 1 heterocycles. The molecule has 0 aromatic heterocycles. The molecule has 0 bridgehead atoms. The summed E-state index contributed by atoms with van der Waals surface area (Å²) < 4.78 is 10.7. The molecule has 10 heavy (non-hydrogen) atoms. The Morgan fingerprint density at radius 3 is 2.90 bits per heavy atom. The van der Waals surface area contributed by atoms with Crippen molar-refractivity contribution < 1.29 is 9.47 Å². The maximum absolute atomic E-state index is 5.41. The minimum atomic E-state index is 0.0125. The van der Waals surface area contributed by atoms with Crippen LogP contribution in [0.4, 0.5) is 0 Å². The average Bonchev–Trinajstić information content (AvgIpc) is 2.37. The van der Waals surface area contributed by atoms with Gasteiger partial charge in [0, 0.05) is 19.6 Å². The van der Waals surface area contributed by atoms with E-state index in [1.165, 1.54) is 0 Å². The first-order valence-corrected chi connectivity index (χ1v) is 3.84. The van der Waals surface area contributed by atoms with E-state index >= 15 is 0 Å². The lowest BCUT2D eigenvalue weighted by Crippen LogP contribution is -2.21. The van der Waals surface area contributed by atoms with E-state index < -0.39 is 0 Å². The summed E-state index contributed by atoms with van der Waals surface area (Å²) in [5.41, 5.74) is 5.41. The third-order valence-electron chi connectivity index (χ3n) is 1.68. The molecule has 0 spiro atoms. The van der Waals surface area contributed by atoms with E-state index in [1.54, 1.807) is 0 Å². The fraction of sp³-hybridized carbons (Fsp3) is 1.00. The van der Waals surface area contributed by atoms with Crippen molar-refractivity contribution in [2.24, 2.45) is 5.73 Å². The lowest BCUT2D eigenvalue weighted by atomic mass is 10.2. The minimum absolute atomic E-state index is 0.0125. The molecule has 3 heteroatoms. The molecule has 0 aromatic carbocycles. The van der Waals surface area contributed by atoms with Gasteiger partial charge in [-0.05, 0) is 13.3 Å². The highest BCUT2D eigenvalue weighted by atomic mass is 16.7. The van der Waals surface area contributed by atoms with Crippen molar-refractivity contribution in [3.8, 4) is 0 Å². The third-order valence-corrected chi connectivity index (χ3v) is 1.68. The van der Waals surface area contributed by atoms with Gasteiger partial charge in [0.25, 0.3) is 0 Å². The predicted molar refractivity (Wildman–Crippen MR) is 38.6 cm³/mol. The highest BCUT2D eigenvalue weighted by molar-refractivity contribution is 4.68. The fourth-order valence-corrected chi connectivity index (χ4v) is 1.15. The van der Waals surface area contributed by atoms with Crippen LogP contribution in [0.3, 0.4) is 0 Å². The molecule has 0 amide bonds. The zero-order valence-electron chi connectivity index (χ0n) is 6.38. The molecule has 1 rings (SSSR count). The van der Waals surface area contributed by atoms with Gasteiger partial charge < -0.3 is 15.2 Å². The largest absolute Gasteiger partial charge is 0.353 e. The minimum Gasteiger partial charge on any atom is -0.353 e. The Morgan fingerprint density at radius 2 is 2.40 bits per heavy atom. The second-order valence-corrected chi connectivity index (χ2v) is 2.46. The van der Waals surface area contributed by atoms with Crippen LogP contribution in [0, 0.1) is 0 Å². The van der Waals surface area contributed by atoms with Crippen LogP contribution in [0.15, 0.2) is 0 Å². The van der Waals surface area contributed by atoms with E-state index in [2.05, 4.69) is 0 Å². The summed E-state index contributed by atoms with van der Waals surface area (Å²) in [5.74, 6) is 0. The molecule has 0 radical (unpaired) electrons. The second kappa shape index (κ2) is 3.91. The standard InChI is InChI=1S/C7H15NO2/c1-2-9-7-4-3-6(5-8)10-7/h6-7H,2-5,8H2,1H3. The summed E-state index contributed by atoms with van der Waals surface area (Å²) in [7, 11) is 0. The highest BCUT2D eigenvalue weighted by Gasteiger charge is 2.23. The lowest BCUT2D eigenvalue weighted by molar-refractivity contribution is -0.127. The SMILES string of the molecule is CCOC1CCC(CN)O1. The van der Waals surface area contributed by atoms with Crippen molar-refractivity contribution in [3.05, 3.63) is 0 Å². The van der Waals surface area contributed by atoms with Crippen LogP contribution >= 0.6 is 0 Å². The van der Waals surface area contributed by atoms with E-state index in [1.807, 2.05) is 6.92 Å². The van der Waals surface area contributed by atoms with E-state index in [-0.39, 0.29) is 12.4 Å². The van der Waals surface area contributed by atoms with Crippen LogP contribution in [-0.2, 0) is 9.47 Å². The smallest absolute Gasteiger partial charge is 0.158 e. The molecule has 2 atom stereocenters. The molecule has 60 valence electrons. The van der Waals surface area contributed by atoms with Gasteiger partial charge >= 0.3 is 0 Å². The van der Waals surface area contributed by atoms with Crippen molar-refractivity contribution in [1.29, 1.82) is 0 Å². The van der Waals surface area contributed by atoms with Crippen molar-refractivity contribution in [1.82, 2.24) is 0 Å². The van der Waals surface area contributed by atoms with Crippen molar-refractivity contribution in [2.75, 3.05) is 13.2 Å². The molecule has 2 N–H and O–H groups in total. The van der Waals surface area contributed by atoms with E-state index in [0.29, 0.717) is 6.54 Å². The maximum atomic E-state index is 5.41. The monoisotopic (exact) mass is 145 g/mol. The van der Waals surface area contributed by atoms with Crippen LogP contribution in [0.2, 0.25) is 0 Å². The summed E-state index contributed by atoms with van der Waals surface area (Å²) in [5, 5.41) is 0. The van der Waals surface area contributed by atoms with Gasteiger partial charge in [-0.3, -0.25) is 0 Å². The third kappa shape index (κ3) is 1.94. The van der Waals surface area contributed by atoms with Crippen LogP contribution in [0.25, 0.3) is 0 Å². The summed E-state index contributed by atoms with van der Waals surface area (Å²) in [6, 6.07) is 0. The van der Waals surface area contributed by atoms with E-state index in [0.717, 1.165) is 19.4 Å². The first kappa shape index (κ1) is 7.98. The first-order chi connectivity index (χ1) is 4.86. The van der Waals surface area contributed by atoms with Gasteiger partial charge in [-0.2, -0.15) is 0 Å². The van der Waals surface area contributed by atoms with Crippen LogP contribution in [-0.4, -0.2) is 25.5 Å². The van der Waals surface area contributed by atoms with Crippen LogP contribution in [0.1, 0.15) is 19.8 Å². The van der Waals surface area contributed by atoms with Gasteiger partial charge in [0.15, 0.2) is 6.29 Å². The van der Waals surface area contributed by atoms with E-state index in [9.17, 15) is 0 Å². The predicted octanol–water partition coefficient (Wildman–Crippen LogP) is 0.487. The normalized spacial score (nSPS) is 33.0. The van der Waals surface area contributed by atoms with Gasteiger partial charge in [0.1, 0.15) is 0 Å². The van der Waals surface area contributed by atoms with Gasteiger partial charge in [-0.15, -0.1) is 0 Å². The molecule has 0 aromatic rings. The van der Waals surface area contributed by atoms with Gasteiger partial charge in [-0.1, -0.05) is 0 Å². The number of rotatable bonds is 3. The number of hydrogen-bond acceptors (Lipinski definition) is 3. The molecule has 0 saturated carbocycles. The zero-order valence-corrected chi connectivity index (χ0v) is 6.38. The number of ether oxygens (including phenoxy) is 2. The Hall–Kier alpha value is -0.120. The molecule has 0 aliphatic carbocycles. The van der Waals surface area contributed by atoms with Crippen molar-refractivity contribution >= 4 is 0 Å². The van der Waals surface area contributed by atoms with Gasteiger partial charge in [-0.25, -0.2) is 0 Å². The zero-order chi connectivity index (χ0) is 7.40. The van der Waals surface area contributed by atoms with Gasteiger partial charge in [0.2, 0.25) is 0 Å². The second-order valence-electron chi connectivity index (χ2n) is 2.46. The molecular formula is C7H15NO2. The number of hydrogen-bond donors (Lipinski definition) is 1. The highest BCUT2D eigenvalue weighted by Crippen LogP contribution is 2.19. The van der Waals surface area contributed by atoms with Crippen LogP contribution < -0.4 is 5.73 Å². The molecular weight excluding hydrogens is 130 g/mol. The quantitative estimate of drug-likeness (QED) is 0.628. The summed E-state index contributed by atoms with van der Waals surface area (Å²) in [4.78, 5) is 0. The lowest BCUT2D eigenvalue weighted by Gasteiger charge is -2.11. The Morgan fingerprint density at radius 1 is 1.60 bits per heavy atom. The molecule has 2 unspecified atom stereocenters. The Kier molecular flexibility index (Phi) is 3.12. The molecule has 1 aliphatic rings. The fourth-order valence-electron chi connectivity index (χ4n) is 1.15. The molecule has 1 aliphatic heterocycles. The average molecular weight is 145 g/mol. The van der Waals surface area contributed by atoms with Crippen LogP contribution in [0.5, 0.6) is 0 Å². The summed E-state index contributed by atoms with van der Waals surface area (Å²) in [6.45, 7) is 3.31. The summed E-state index contributed by atoms with van der Waals surface area (Å²) >= 11 is 0. The number of nitrogens with two attached hydrogens (primary N) is 1. The Labute approximate surface area is 61.5 Å². The van der Waals surface area contributed by atoms with Gasteiger partial charge in [0.05, 0.1) is 6.10 Å². The first-order valence-electron chi connectivity index (χ1n) is 3.84. The van der Waals surface area contributed by atoms with Crippen molar-refractivity contribution in [2.45, 2.75) is 32.2 Å². The molecule has 1 saturated heterocycles. The Balaban J connectivity index is 2.15. The summed E-state index contributed by atoms with van der Waals surface area (Å²) in [6.07, 6.45) is 2.28. The maximum Gasteiger partial charge on any atom is 0.158 e. The van der Waals surface area contributed by atoms with E-state index in [4.69, 9.17) is 15.2 Å². The topological polar surface area (TPSA) is 44.5 Å². The molecule has 1 fully saturated rings. The molecule has 3 nitrogen and oxygen atoms in total. The van der Waals surface area contributed by atoms with Crippen molar-refractivity contribution in [3.63, 3.8) is 0 Å².